The van der Waals surface area contributed by atoms with Gasteiger partial charge >= 0.3 is 0 Å². The van der Waals surface area contributed by atoms with Crippen LogP contribution in [0.5, 0.6) is 0 Å². The Morgan fingerprint density at radius 3 is 2.78 bits per heavy atom. The number of thiophene rings is 1. The molecule has 27 heavy (non-hydrogen) atoms. The lowest BCUT2D eigenvalue weighted by atomic mass is 10.1. The van der Waals surface area contributed by atoms with Crippen LogP contribution in [-0.4, -0.2) is 81.0 Å². The van der Waals surface area contributed by atoms with E-state index < -0.39 is 0 Å². The Labute approximate surface area is 167 Å². The van der Waals surface area contributed by atoms with Crippen molar-refractivity contribution in [1.82, 2.24) is 15.1 Å². The summed E-state index contributed by atoms with van der Waals surface area (Å²) >= 11 is 1.76. The lowest BCUT2D eigenvalue weighted by molar-refractivity contribution is -0.0817. The van der Waals surface area contributed by atoms with E-state index in [1.807, 2.05) is 7.05 Å². The molecule has 2 saturated heterocycles. The minimum atomic E-state index is 0.148. The van der Waals surface area contributed by atoms with Crippen LogP contribution in [0.4, 0.5) is 0 Å². The van der Waals surface area contributed by atoms with E-state index in [4.69, 9.17) is 9.47 Å². The summed E-state index contributed by atoms with van der Waals surface area (Å²) in [6.07, 6.45) is 2.63. The van der Waals surface area contributed by atoms with Gasteiger partial charge in [0.15, 0.2) is 5.96 Å². The summed E-state index contributed by atoms with van der Waals surface area (Å²) in [5.41, 5.74) is 1.38. The smallest absolute Gasteiger partial charge is 0.193 e. The van der Waals surface area contributed by atoms with Crippen molar-refractivity contribution in [1.29, 1.82) is 0 Å². The maximum absolute atomic E-state index is 5.99. The van der Waals surface area contributed by atoms with Crippen LogP contribution in [0.1, 0.15) is 38.3 Å². The summed E-state index contributed by atoms with van der Waals surface area (Å²) in [5, 5.41) is 8.05. The molecule has 2 fully saturated rings. The van der Waals surface area contributed by atoms with Crippen molar-refractivity contribution in [2.24, 2.45) is 4.99 Å². The van der Waals surface area contributed by atoms with E-state index >= 15 is 0 Å². The second-order valence-electron chi connectivity index (χ2n) is 7.13. The zero-order valence-electron chi connectivity index (χ0n) is 16.9. The first-order valence-corrected chi connectivity index (χ1v) is 11.2. The highest BCUT2D eigenvalue weighted by molar-refractivity contribution is 7.07. The van der Waals surface area contributed by atoms with Crippen molar-refractivity contribution in [2.75, 3.05) is 53.0 Å². The summed E-state index contributed by atoms with van der Waals surface area (Å²) < 4.78 is 11.8. The molecule has 7 heteroatoms. The van der Waals surface area contributed by atoms with Crippen molar-refractivity contribution < 1.29 is 9.47 Å². The lowest BCUT2D eigenvalue weighted by Gasteiger charge is -2.38. The first-order chi connectivity index (χ1) is 13.3. The minimum Gasteiger partial charge on any atom is -0.375 e. The number of rotatable bonds is 7. The van der Waals surface area contributed by atoms with Gasteiger partial charge in [-0.1, -0.05) is 13.8 Å². The van der Waals surface area contributed by atoms with Gasteiger partial charge < -0.3 is 19.7 Å². The fourth-order valence-corrected chi connectivity index (χ4v) is 4.80. The summed E-state index contributed by atoms with van der Waals surface area (Å²) in [5.74, 6) is 0.966. The highest BCUT2D eigenvalue weighted by Gasteiger charge is 2.32. The van der Waals surface area contributed by atoms with Gasteiger partial charge in [0.25, 0.3) is 0 Å². The molecule has 0 spiro atoms. The molecule has 2 aliphatic rings. The van der Waals surface area contributed by atoms with Crippen LogP contribution in [0, 0.1) is 0 Å². The second kappa shape index (κ2) is 10.4. The fraction of sp³-hybridized carbons (Fsp3) is 0.750. The van der Waals surface area contributed by atoms with E-state index in [9.17, 15) is 0 Å². The predicted octanol–water partition coefficient (Wildman–Crippen LogP) is 2.59. The molecular formula is C20H34N4O2S. The summed E-state index contributed by atoms with van der Waals surface area (Å²) in [6, 6.07) is 2.60. The molecule has 3 unspecified atom stereocenters. The molecule has 0 radical (unpaired) electrons. The highest BCUT2D eigenvalue weighted by atomic mass is 32.1. The highest BCUT2D eigenvalue weighted by Crippen LogP contribution is 2.23. The second-order valence-corrected chi connectivity index (χ2v) is 7.91. The van der Waals surface area contributed by atoms with Gasteiger partial charge in [-0.3, -0.25) is 9.89 Å². The Morgan fingerprint density at radius 1 is 1.33 bits per heavy atom. The number of hydrogen-bond acceptors (Lipinski definition) is 5. The third-order valence-electron chi connectivity index (χ3n) is 5.62. The van der Waals surface area contributed by atoms with Crippen molar-refractivity contribution >= 4 is 17.3 Å². The van der Waals surface area contributed by atoms with Crippen LogP contribution in [0.3, 0.4) is 0 Å². The maximum Gasteiger partial charge on any atom is 0.193 e. The molecule has 0 saturated carbocycles. The van der Waals surface area contributed by atoms with Crippen molar-refractivity contribution in [3.05, 3.63) is 22.4 Å². The van der Waals surface area contributed by atoms with Gasteiger partial charge in [-0.15, -0.1) is 0 Å². The topological polar surface area (TPSA) is 49.3 Å². The molecule has 0 aliphatic carbocycles. The van der Waals surface area contributed by atoms with E-state index in [0.29, 0.717) is 6.04 Å². The molecule has 2 aliphatic heterocycles. The summed E-state index contributed by atoms with van der Waals surface area (Å²) in [4.78, 5) is 9.38. The number of likely N-dealkylation sites (N-methyl/N-ethyl adjacent to an activating group) is 1. The van der Waals surface area contributed by atoms with Crippen LogP contribution in [0.2, 0.25) is 0 Å². The lowest BCUT2D eigenvalue weighted by Crippen LogP contribution is -2.54. The molecule has 1 aromatic heterocycles. The number of nitrogens with one attached hydrogen (secondary N) is 1. The number of morpholine rings is 1. The van der Waals surface area contributed by atoms with Gasteiger partial charge in [-0.2, -0.15) is 11.3 Å². The monoisotopic (exact) mass is 394 g/mol. The molecule has 3 heterocycles. The van der Waals surface area contributed by atoms with Crippen molar-refractivity contribution in [3.8, 4) is 0 Å². The quantitative estimate of drug-likeness (QED) is 0.569. The zero-order valence-corrected chi connectivity index (χ0v) is 17.7. The normalized spacial score (nSPS) is 25.2. The predicted molar refractivity (Wildman–Crippen MR) is 112 cm³/mol. The molecule has 1 aromatic rings. The third kappa shape index (κ3) is 5.22. The van der Waals surface area contributed by atoms with E-state index in [1.165, 1.54) is 5.56 Å². The molecule has 0 amide bonds. The van der Waals surface area contributed by atoms with Crippen LogP contribution in [-0.2, 0) is 9.47 Å². The van der Waals surface area contributed by atoms with Crippen LogP contribution in [0.15, 0.2) is 21.8 Å². The Bertz CT molecular complexity index is 571. The number of hydrogen-bond donors (Lipinski definition) is 1. The van der Waals surface area contributed by atoms with Crippen LogP contribution >= 0.6 is 11.3 Å². The summed E-state index contributed by atoms with van der Waals surface area (Å²) in [6.45, 7) is 10.7. The Hall–Kier alpha value is -1.15. The molecule has 6 nitrogen and oxygen atoms in total. The van der Waals surface area contributed by atoms with Gasteiger partial charge in [0.1, 0.15) is 6.10 Å². The average Bonchev–Trinajstić information content (AvgIpc) is 3.42. The standard InChI is InChI=1S/C20H34N4O2S/c1-4-23(5-2)17(16-8-12-27-15-16)13-22-20(21-3)24-9-11-26-19(14-24)18-7-6-10-25-18/h8,12,15,17-19H,4-7,9-11,13-14H2,1-3H3,(H,21,22). The molecule has 3 rings (SSSR count). The zero-order chi connectivity index (χ0) is 19.1. The largest absolute Gasteiger partial charge is 0.375 e. The minimum absolute atomic E-state index is 0.148. The molecule has 0 bridgehead atoms. The Morgan fingerprint density at radius 2 is 2.15 bits per heavy atom. The van der Waals surface area contributed by atoms with E-state index in [1.54, 1.807) is 11.3 Å². The van der Waals surface area contributed by atoms with E-state index in [0.717, 1.165) is 64.7 Å². The molecule has 152 valence electrons. The first-order valence-electron chi connectivity index (χ1n) is 10.2. The Kier molecular flexibility index (Phi) is 7.93. The SMILES string of the molecule is CCN(CC)C(CNC(=NC)N1CCOC(C2CCCO2)C1)c1ccsc1. The average molecular weight is 395 g/mol. The van der Waals surface area contributed by atoms with Crippen molar-refractivity contribution in [2.45, 2.75) is 44.9 Å². The number of ether oxygens (including phenoxy) is 2. The Balaban J connectivity index is 1.61. The molecule has 1 N–H and O–H groups in total. The fourth-order valence-electron chi connectivity index (χ4n) is 4.10. The van der Waals surface area contributed by atoms with Crippen molar-refractivity contribution in [3.63, 3.8) is 0 Å². The van der Waals surface area contributed by atoms with E-state index in [2.05, 4.69) is 50.8 Å². The number of guanidine groups is 1. The third-order valence-corrected chi connectivity index (χ3v) is 6.32. The van der Waals surface area contributed by atoms with Gasteiger partial charge in [0, 0.05) is 33.3 Å². The van der Waals surface area contributed by atoms with E-state index in [-0.39, 0.29) is 12.2 Å². The summed E-state index contributed by atoms with van der Waals surface area (Å²) in [7, 11) is 1.87. The van der Waals surface area contributed by atoms with Crippen LogP contribution in [0.25, 0.3) is 0 Å². The molecule has 3 atom stereocenters. The number of nitrogens with zero attached hydrogens (tertiary/aromatic N) is 3. The first kappa shape index (κ1) is 20.6. The van der Waals surface area contributed by atoms with Gasteiger partial charge in [0.2, 0.25) is 0 Å². The molecular weight excluding hydrogens is 360 g/mol. The van der Waals surface area contributed by atoms with Crippen LogP contribution < -0.4 is 5.32 Å². The van der Waals surface area contributed by atoms with Gasteiger partial charge in [-0.05, 0) is 48.3 Å². The maximum atomic E-state index is 5.99. The van der Waals surface area contributed by atoms with Gasteiger partial charge in [-0.25, -0.2) is 0 Å². The van der Waals surface area contributed by atoms with Gasteiger partial charge in [0.05, 0.1) is 18.8 Å². The number of aliphatic imine (C=N–C) groups is 1. The molecule has 0 aromatic carbocycles.